The number of pyridine rings is 1. The highest BCUT2D eigenvalue weighted by atomic mass is 15.0. The van der Waals surface area contributed by atoms with Gasteiger partial charge < -0.3 is 4.40 Å². The molecule has 0 aliphatic rings. The summed E-state index contributed by atoms with van der Waals surface area (Å²) >= 11 is 0. The molecule has 15 heavy (non-hydrogen) atoms. The van der Waals surface area contributed by atoms with Gasteiger partial charge in [0.05, 0.1) is 0 Å². The van der Waals surface area contributed by atoms with Gasteiger partial charge in [-0.05, 0) is 31.0 Å². The van der Waals surface area contributed by atoms with Crippen LogP contribution in [-0.4, -0.2) is 9.38 Å². The van der Waals surface area contributed by atoms with Crippen molar-refractivity contribution in [3.63, 3.8) is 0 Å². The van der Waals surface area contributed by atoms with Gasteiger partial charge in [-0.1, -0.05) is 27.7 Å². The van der Waals surface area contributed by atoms with E-state index >= 15 is 0 Å². The van der Waals surface area contributed by atoms with E-state index in [1.165, 1.54) is 11.1 Å². The van der Waals surface area contributed by atoms with Crippen LogP contribution < -0.4 is 0 Å². The molecule has 2 nitrogen and oxygen atoms in total. The van der Waals surface area contributed by atoms with E-state index in [2.05, 4.69) is 31.1 Å². The van der Waals surface area contributed by atoms with Crippen molar-refractivity contribution in [2.75, 3.05) is 0 Å². The highest BCUT2D eigenvalue weighted by Gasteiger charge is 1.95. The Kier molecular flexibility index (Phi) is 6.43. The van der Waals surface area contributed by atoms with E-state index in [-0.39, 0.29) is 0 Å². The molecule has 0 bridgehead atoms. The quantitative estimate of drug-likeness (QED) is 0.636. The fourth-order valence-corrected chi connectivity index (χ4v) is 1.16. The molecule has 2 heteroatoms. The van der Waals surface area contributed by atoms with Crippen molar-refractivity contribution < 1.29 is 0 Å². The van der Waals surface area contributed by atoms with Gasteiger partial charge in [-0.25, -0.2) is 4.98 Å². The zero-order chi connectivity index (χ0) is 11.8. The molecule has 2 aromatic rings. The molecule has 0 saturated carbocycles. The minimum Gasteiger partial charge on any atom is -0.307 e. The summed E-state index contributed by atoms with van der Waals surface area (Å²) in [6.07, 6.45) is 5.87. The van der Waals surface area contributed by atoms with Crippen LogP contribution in [0.2, 0.25) is 0 Å². The van der Waals surface area contributed by atoms with Gasteiger partial charge in [-0.3, -0.25) is 0 Å². The summed E-state index contributed by atoms with van der Waals surface area (Å²) in [6.45, 7) is 12.2. The van der Waals surface area contributed by atoms with Crippen LogP contribution in [0.4, 0.5) is 0 Å². The highest BCUT2D eigenvalue weighted by Crippen LogP contribution is 2.08. The topological polar surface area (TPSA) is 17.3 Å². The first kappa shape index (κ1) is 13.7. The third-order valence-electron chi connectivity index (χ3n) is 2.00. The maximum atomic E-state index is 4.18. The Balaban J connectivity index is 0.000000442. The summed E-state index contributed by atoms with van der Waals surface area (Å²) in [5.41, 5.74) is 3.62. The molecule has 84 valence electrons. The van der Waals surface area contributed by atoms with E-state index in [0.717, 1.165) is 5.65 Å². The first-order valence-corrected chi connectivity index (χ1v) is 5.67. The van der Waals surface area contributed by atoms with E-state index in [0.29, 0.717) is 0 Å². The standard InChI is InChI=1S/C9H10N2.2C2H6/c1-7-5-9-10-3-4-11(9)6-8(7)2;2*1-2/h3-6H,1-2H3;2*1-2H3. The number of aromatic nitrogens is 2. The molecule has 0 saturated heterocycles. The van der Waals surface area contributed by atoms with Crippen molar-refractivity contribution in [2.45, 2.75) is 41.5 Å². The normalized spacial score (nSPS) is 8.67. The highest BCUT2D eigenvalue weighted by molar-refractivity contribution is 5.43. The third-order valence-corrected chi connectivity index (χ3v) is 2.00. The second-order valence-electron chi connectivity index (χ2n) is 2.83. The zero-order valence-corrected chi connectivity index (χ0v) is 10.7. The molecule has 0 aliphatic carbocycles. The summed E-state index contributed by atoms with van der Waals surface area (Å²) in [5.74, 6) is 0. The third kappa shape index (κ3) is 3.39. The van der Waals surface area contributed by atoms with Crippen LogP contribution in [0.15, 0.2) is 24.7 Å². The molecule has 0 radical (unpaired) electrons. The number of imidazole rings is 1. The lowest BCUT2D eigenvalue weighted by Gasteiger charge is -1.99. The molecule has 2 rings (SSSR count). The smallest absolute Gasteiger partial charge is 0.136 e. The van der Waals surface area contributed by atoms with E-state index in [1.54, 1.807) is 0 Å². The molecule has 0 atom stereocenters. The fraction of sp³-hybridized carbons (Fsp3) is 0.462. The Morgan fingerprint density at radius 3 is 2.20 bits per heavy atom. The number of rotatable bonds is 0. The van der Waals surface area contributed by atoms with Crippen LogP contribution >= 0.6 is 0 Å². The first-order valence-electron chi connectivity index (χ1n) is 5.67. The van der Waals surface area contributed by atoms with Crippen molar-refractivity contribution in [1.82, 2.24) is 9.38 Å². The number of fused-ring (bicyclic) bond motifs is 1. The van der Waals surface area contributed by atoms with Crippen molar-refractivity contribution >= 4 is 5.65 Å². The Hall–Kier alpha value is -1.31. The van der Waals surface area contributed by atoms with Crippen molar-refractivity contribution in [3.8, 4) is 0 Å². The number of aryl methyl sites for hydroxylation is 2. The van der Waals surface area contributed by atoms with Gasteiger partial charge in [-0.15, -0.1) is 0 Å². The van der Waals surface area contributed by atoms with Gasteiger partial charge >= 0.3 is 0 Å². The van der Waals surface area contributed by atoms with Crippen molar-refractivity contribution in [2.24, 2.45) is 0 Å². The Labute approximate surface area is 93.0 Å². The van der Waals surface area contributed by atoms with Crippen molar-refractivity contribution in [1.29, 1.82) is 0 Å². The Morgan fingerprint density at radius 2 is 1.60 bits per heavy atom. The lowest BCUT2D eigenvalue weighted by molar-refractivity contribution is 1.13. The monoisotopic (exact) mass is 206 g/mol. The second kappa shape index (κ2) is 7.04. The van der Waals surface area contributed by atoms with E-state index in [9.17, 15) is 0 Å². The van der Waals surface area contributed by atoms with Crippen LogP contribution in [0.3, 0.4) is 0 Å². The molecular formula is C13H22N2. The predicted octanol–water partition coefficient (Wildman–Crippen LogP) is 4.00. The lowest BCUT2D eigenvalue weighted by Crippen LogP contribution is -1.87. The SMILES string of the molecule is CC.CC.Cc1cc2nccn2cc1C. The second-order valence-corrected chi connectivity index (χ2v) is 2.83. The molecular weight excluding hydrogens is 184 g/mol. The van der Waals surface area contributed by atoms with Gasteiger partial charge in [0.1, 0.15) is 5.65 Å². The van der Waals surface area contributed by atoms with Gasteiger partial charge in [0.15, 0.2) is 0 Å². The summed E-state index contributed by atoms with van der Waals surface area (Å²) in [7, 11) is 0. The van der Waals surface area contributed by atoms with E-state index in [4.69, 9.17) is 0 Å². The van der Waals surface area contributed by atoms with E-state index < -0.39 is 0 Å². The average Bonchev–Trinajstić information content (AvgIpc) is 2.72. The molecule has 0 aliphatic heterocycles. The average molecular weight is 206 g/mol. The zero-order valence-electron chi connectivity index (χ0n) is 10.7. The van der Waals surface area contributed by atoms with Gasteiger partial charge in [-0.2, -0.15) is 0 Å². The summed E-state index contributed by atoms with van der Waals surface area (Å²) in [4.78, 5) is 4.18. The summed E-state index contributed by atoms with van der Waals surface area (Å²) in [5, 5.41) is 0. The number of nitrogens with zero attached hydrogens (tertiary/aromatic N) is 2. The van der Waals surface area contributed by atoms with Crippen LogP contribution in [0.1, 0.15) is 38.8 Å². The van der Waals surface area contributed by atoms with Crippen LogP contribution in [0.5, 0.6) is 0 Å². The lowest BCUT2D eigenvalue weighted by atomic mass is 10.2. The van der Waals surface area contributed by atoms with E-state index in [1.807, 2.05) is 44.5 Å². The van der Waals surface area contributed by atoms with Gasteiger partial charge in [0, 0.05) is 18.6 Å². The molecule has 0 spiro atoms. The van der Waals surface area contributed by atoms with Gasteiger partial charge in [0.2, 0.25) is 0 Å². The number of hydrogen-bond acceptors (Lipinski definition) is 1. The molecule has 0 amide bonds. The minimum atomic E-state index is 1.02. The molecule has 0 fully saturated rings. The minimum absolute atomic E-state index is 1.02. The Morgan fingerprint density at radius 1 is 1.00 bits per heavy atom. The predicted molar refractivity (Wildman–Crippen MR) is 67.4 cm³/mol. The van der Waals surface area contributed by atoms with Crippen LogP contribution in [-0.2, 0) is 0 Å². The molecule has 0 aromatic carbocycles. The van der Waals surface area contributed by atoms with Crippen molar-refractivity contribution in [3.05, 3.63) is 35.8 Å². The largest absolute Gasteiger partial charge is 0.307 e. The Bertz CT molecular complexity index is 352. The fourth-order valence-electron chi connectivity index (χ4n) is 1.16. The maximum Gasteiger partial charge on any atom is 0.136 e. The molecule has 0 N–H and O–H groups in total. The van der Waals surface area contributed by atoms with Gasteiger partial charge in [0.25, 0.3) is 0 Å². The van der Waals surface area contributed by atoms with Crippen LogP contribution in [0, 0.1) is 13.8 Å². The summed E-state index contributed by atoms with van der Waals surface area (Å²) < 4.78 is 2.03. The molecule has 2 heterocycles. The molecule has 2 aromatic heterocycles. The number of hydrogen-bond donors (Lipinski definition) is 0. The van der Waals surface area contributed by atoms with Crippen LogP contribution in [0.25, 0.3) is 5.65 Å². The summed E-state index contributed by atoms with van der Waals surface area (Å²) in [6, 6.07) is 2.09. The molecule has 0 unspecified atom stereocenters. The first-order chi connectivity index (χ1) is 7.27. The maximum absolute atomic E-state index is 4.18.